The Morgan fingerprint density at radius 2 is 1.83 bits per heavy atom. The van der Waals surface area contributed by atoms with Gasteiger partial charge in [0, 0.05) is 31.5 Å². The summed E-state index contributed by atoms with van der Waals surface area (Å²) in [4.78, 5) is 32.7. The fraction of sp³-hybridized carbons (Fsp3) is 0.588. The summed E-state index contributed by atoms with van der Waals surface area (Å²) < 4.78 is 5.48. The Morgan fingerprint density at radius 3 is 2.35 bits per heavy atom. The summed E-state index contributed by atoms with van der Waals surface area (Å²) in [5.41, 5.74) is 0.0998. The minimum absolute atomic E-state index is 0.00311. The van der Waals surface area contributed by atoms with Crippen LogP contribution >= 0.6 is 0 Å². The number of nitrogens with zero attached hydrogens (tertiary/aromatic N) is 3. The fourth-order valence-corrected chi connectivity index (χ4v) is 3.28. The molecule has 3 saturated heterocycles. The quantitative estimate of drug-likeness (QED) is 0.797. The number of piperazine rings is 1. The van der Waals surface area contributed by atoms with Crippen LogP contribution in [0.25, 0.3) is 0 Å². The number of aromatic nitrogens is 1. The lowest BCUT2D eigenvalue weighted by Crippen LogP contribution is -2.65. The van der Waals surface area contributed by atoms with E-state index in [9.17, 15) is 9.59 Å². The van der Waals surface area contributed by atoms with E-state index in [1.165, 1.54) is 0 Å². The van der Waals surface area contributed by atoms with Gasteiger partial charge >= 0.3 is 6.09 Å². The summed E-state index contributed by atoms with van der Waals surface area (Å²) in [6.45, 7) is 6.71. The third-order valence-corrected chi connectivity index (χ3v) is 4.33. The maximum Gasteiger partial charge on any atom is 0.410 e. The number of hydrogen-bond donors (Lipinski definition) is 0. The smallest absolute Gasteiger partial charge is 0.410 e. The number of ether oxygens (including phenoxy) is 1. The number of pyridine rings is 1. The number of carbonyl (C=O) groups is 2. The lowest BCUT2D eigenvalue weighted by atomic mass is 9.90. The van der Waals surface area contributed by atoms with Crippen LogP contribution in [0, 0.1) is 0 Å². The Bertz CT molecular complexity index is 597. The third-order valence-electron chi connectivity index (χ3n) is 4.33. The van der Waals surface area contributed by atoms with Crippen molar-refractivity contribution in [1.82, 2.24) is 14.8 Å². The summed E-state index contributed by atoms with van der Waals surface area (Å²) in [6, 6.07) is 3.64. The highest BCUT2D eigenvalue weighted by atomic mass is 16.6. The second-order valence-electron chi connectivity index (χ2n) is 7.22. The van der Waals surface area contributed by atoms with Gasteiger partial charge in [-0.1, -0.05) is 0 Å². The Kier molecular flexibility index (Phi) is 4.00. The maximum absolute atomic E-state index is 12.6. The zero-order chi connectivity index (χ0) is 16.6. The largest absolute Gasteiger partial charge is 0.444 e. The van der Waals surface area contributed by atoms with E-state index in [1.54, 1.807) is 29.4 Å². The Morgan fingerprint density at radius 1 is 1.17 bits per heavy atom. The minimum atomic E-state index is -0.501. The summed E-state index contributed by atoms with van der Waals surface area (Å²) >= 11 is 0. The molecule has 0 N–H and O–H groups in total. The normalized spacial score (nSPS) is 23.8. The highest BCUT2D eigenvalue weighted by Gasteiger charge is 2.44. The summed E-state index contributed by atoms with van der Waals surface area (Å²) in [6.07, 6.45) is 4.82. The van der Waals surface area contributed by atoms with Gasteiger partial charge in [0.05, 0.1) is 11.6 Å². The first-order valence-electron chi connectivity index (χ1n) is 8.06. The van der Waals surface area contributed by atoms with Crippen molar-refractivity contribution in [2.75, 3.05) is 13.1 Å². The fourth-order valence-electron chi connectivity index (χ4n) is 3.28. The average Bonchev–Trinajstić information content (AvgIpc) is 2.53. The van der Waals surface area contributed by atoms with Gasteiger partial charge in [-0.3, -0.25) is 9.78 Å². The van der Waals surface area contributed by atoms with E-state index < -0.39 is 5.60 Å². The van der Waals surface area contributed by atoms with E-state index in [-0.39, 0.29) is 24.1 Å². The van der Waals surface area contributed by atoms with Gasteiger partial charge in [-0.25, -0.2) is 4.79 Å². The third kappa shape index (κ3) is 3.30. The van der Waals surface area contributed by atoms with Crippen LogP contribution in [0.4, 0.5) is 4.79 Å². The number of rotatable bonds is 1. The summed E-state index contributed by atoms with van der Waals surface area (Å²) in [5.74, 6) is -0.00311. The molecule has 23 heavy (non-hydrogen) atoms. The van der Waals surface area contributed by atoms with Crippen molar-refractivity contribution in [1.29, 1.82) is 0 Å². The molecule has 0 saturated carbocycles. The molecule has 4 rings (SSSR count). The first kappa shape index (κ1) is 15.8. The van der Waals surface area contributed by atoms with Crippen molar-refractivity contribution in [3.63, 3.8) is 0 Å². The van der Waals surface area contributed by atoms with Gasteiger partial charge in [-0.05, 0) is 45.7 Å². The van der Waals surface area contributed by atoms with Crippen LogP contribution in [0.5, 0.6) is 0 Å². The molecular weight excluding hydrogens is 294 g/mol. The SMILES string of the molecule is CC(C)(C)OC(=O)N1C[C@H]2CC[C@H]1CN2C(=O)c1cccnc1. The highest BCUT2D eigenvalue weighted by molar-refractivity contribution is 5.94. The molecule has 0 aliphatic carbocycles. The second-order valence-corrected chi connectivity index (χ2v) is 7.22. The Hall–Kier alpha value is -2.11. The van der Waals surface area contributed by atoms with Crippen molar-refractivity contribution in [3.05, 3.63) is 30.1 Å². The molecule has 2 amide bonds. The van der Waals surface area contributed by atoms with E-state index in [0.717, 1.165) is 12.8 Å². The van der Waals surface area contributed by atoms with E-state index in [1.807, 2.05) is 25.7 Å². The molecule has 1 aromatic heterocycles. The minimum Gasteiger partial charge on any atom is -0.444 e. The van der Waals surface area contributed by atoms with Crippen LogP contribution in [0.3, 0.4) is 0 Å². The summed E-state index contributed by atoms with van der Waals surface area (Å²) in [7, 11) is 0. The van der Waals surface area contributed by atoms with Crippen LogP contribution in [0.15, 0.2) is 24.5 Å². The van der Waals surface area contributed by atoms with E-state index >= 15 is 0 Å². The van der Waals surface area contributed by atoms with Gasteiger partial charge in [-0.15, -0.1) is 0 Å². The molecule has 124 valence electrons. The van der Waals surface area contributed by atoms with Gasteiger partial charge < -0.3 is 14.5 Å². The predicted octanol–water partition coefficient (Wildman–Crippen LogP) is 2.31. The molecule has 0 spiro atoms. The van der Waals surface area contributed by atoms with Crippen molar-refractivity contribution in [2.45, 2.75) is 51.3 Å². The standard InChI is InChI=1S/C17H23N3O3/c1-17(2,3)23-16(22)20-11-13-6-7-14(20)10-19(13)15(21)12-5-4-8-18-9-12/h4-5,8-9,13-14H,6-7,10-11H2,1-3H3/t13-,14+/m1/s1. The number of fused-ring (bicyclic) bond motifs is 3. The van der Waals surface area contributed by atoms with Gasteiger partial charge in [0.2, 0.25) is 0 Å². The number of hydrogen-bond acceptors (Lipinski definition) is 4. The summed E-state index contributed by atoms with van der Waals surface area (Å²) in [5, 5.41) is 0. The molecule has 3 aliphatic rings. The molecule has 2 atom stereocenters. The Labute approximate surface area is 136 Å². The topological polar surface area (TPSA) is 62.7 Å². The lowest BCUT2D eigenvalue weighted by Gasteiger charge is -2.51. The first-order chi connectivity index (χ1) is 10.8. The highest BCUT2D eigenvalue weighted by Crippen LogP contribution is 2.31. The van der Waals surface area contributed by atoms with Crippen LogP contribution < -0.4 is 0 Å². The van der Waals surface area contributed by atoms with E-state index in [2.05, 4.69) is 4.98 Å². The van der Waals surface area contributed by atoms with Gasteiger partial charge in [0.25, 0.3) is 5.91 Å². The van der Waals surface area contributed by atoms with Crippen LogP contribution in [0.1, 0.15) is 44.0 Å². The molecule has 4 heterocycles. The van der Waals surface area contributed by atoms with Crippen molar-refractivity contribution in [2.24, 2.45) is 0 Å². The van der Waals surface area contributed by atoms with Crippen molar-refractivity contribution >= 4 is 12.0 Å². The maximum atomic E-state index is 12.6. The van der Waals surface area contributed by atoms with Gasteiger partial charge in [0.1, 0.15) is 5.60 Å². The second kappa shape index (κ2) is 5.83. The number of carbonyl (C=O) groups excluding carboxylic acids is 2. The van der Waals surface area contributed by atoms with Crippen LogP contribution in [-0.2, 0) is 4.74 Å². The molecular formula is C17H23N3O3. The molecule has 6 nitrogen and oxygen atoms in total. The average molecular weight is 317 g/mol. The molecule has 2 bridgehead atoms. The van der Waals surface area contributed by atoms with E-state index in [4.69, 9.17) is 4.74 Å². The monoisotopic (exact) mass is 317 g/mol. The van der Waals surface area contributed by atoms with E-state index in [0.29, 0.717) is 18.7 Å². The van der Waals surface area contributed by atoms with Crippen molar-refractivity contribution < 1.29 is 14.3 Å². The molecule has 1 aromatic rings. The molecule has 3 aliphatic heterocycles. The molecule has 0 unspecified atom stereocenters. The van der Waals surface area contributed by atoms with Gasteiger partial charge in [0.15, 0.2) is 0 Å². The lowest BCUT2D eigenvalue weighted by molar-refractivity contribution is -0.0341. The van der Waals surface area contributed by atoms with Crippen molar-refractivity contribution in [3.8, 4) is 0 Å². The molecule has 3 fully saturated rings. The van der Waals surface area contributed by atoms with Crippen LogP contribution in [-0.4, -0.2) is 57.6 Å². The molecule has 6 heteroatoms. The zero-order valence-electron chi connectivity index (χ0n) is 13.9. The Balaban J connectivity index is 1.70. The van der Waals surface area contributed by atoms with Gasteiger partial charge in [-0.2, -0.15) is 0 Å². The molecule has 0 aromatic carbocycles. The predicted molar refractivity (Wildman–Crippen MR) is 85.0 cm³/mol. The van der Waals surface area contributed by atoms with Crippen LogP contribution in [0.2, 0.25) is 0 Å². The number of piperidine rings is 2. The zero-order valence-corrected chi connectivity index (χ0v) is 13.9. The first-order valence-corrected chi connectivity index (χ1v) is 8.06. The number of amides is 2. The molecule has 0 radical (unpaired) electrons.